The number of anilines is 1. The molecule has 0 saturated carbocycles. The van der Waals surface area contributed by atoms with Gasteiger partial charge < -0.3 is 15.3 Å². The van der Waals surface area contributed by atoms with Gasteiger partial charge in [-0.15, -0.1) is 0 Å². The Bertz CT molecular complexity index is 450. The quantitative estimate of drug-likeness (QED) is 0.811. The minimum atomic E-state index is -0.176. The molecule has 0 bridgehead atoms. The molecule has 1 saturated heterocycles. The molecule has 0 aliphatic carbocycles. The van der Waals surface area contributed by atoms with Gasteiger partial charge in [-0.25, -0.2) is 4.39 Å². The van der Waals surface area contributed by atoms with E-state index in [2.05, 4.69) is 24.1 Å². The normalized spacial score (nSPS) is 18.7. The van der Waals surface area contributed by atoms with E-state index < -0.39 is 0 Å². The molecule has 0 aromatic heterocycles. The summed E-state index contributed by atoms with van der Waals surface area (Å²) in [4.78, 5) is 2.40. The van der Waals surface area contributed by atoms with E-state index in [0.717, 1.165) is 37.1 Å². The number of aliphatic hydroxyl groups is 1. The topological polar surface area (TPSA) is 35.5 Å². The van der Waals surface area contributed by atoms with Gasteiger partial charge in [-0.1, -0.05) is 13.8 Å². The Morgan fingerprint density at radius 1 is 1.43 bits per heavy atom. The van der Waals surface area contributed by atoms with Crippen LogP contribution in [0.2, 0.25) is 0 Å². The lowest BCUT2D eigenvalue weighted by atomic mass is 10.1. The van der Waals surface area contributed by atoms with Crippen LogP contribution in [0, 0.1) is 5.82 Å². The molecule has 1 aromatic carbocycles. The number of nitrogens with one attached hydrogen (secondary N) is 1. The molecule has 1 unspecified atom stereocenters. The SMILES string of the molecule is CC(C)NCc1cc(F)ccc1N1CCCC1CCCO. The van der Waals surface area contributed by atoms with Gasteiger partial charge in [0.1, 0.15) is 5.82 Å². The first-order chi connectivity index (χ1) is 10.1. The number of hydrogen-bond donors (Lipinski definition) is 2. The Kier molecular flexibility index (Phi) is 6.00. The van der Waals surface area contributed by atoms with Crippen molar-refractivity contribution >= 4 is 5.69 Å². The average Bonchev–Trinajstić information content (AvgIpc) is 2.91. The summed E-state index contributed by atoms with van der Waals surface area (Å²) < 4.78 is 13.6. The van der Waals surface area contributed by atoms with Crippen LogP contribution < -0.4 is 10.2 Å². The van der Waals surface area contributed by atoms with Crippen molar-refractivity contribution in [1.82, 2.24) is 5.32 Å². The van der Waals surface area contributed by atoms with Gasteiger partial charge in [0, 0.05) is 37.5 Å². The van der Waals surface area contributed by atoms with E-state index in [9.17, 15) is 4.39 Å². The van der Waals surface area contributed by atoms with Gasteiger partial charge in [0.15, 0.2) is 0 Å². The van der Waals surface area contributed by atoms with Crippen molar-refractivity contribution in [3.8, 4) is 0 Å². The summed E-state index contributed by atoms with van der Waals surface area (Å²) in [5, 5.41) is 12.4. The third-order valence-corrected chi connectivity index (χ3v) is 4.12. The second-order valence-electron chi connectivity index (χ2n) is 6.16. The van der Waals surface area contributed by atoms with Gasteiger partial charge in [0.25, 0.3) is 0 Å². The lowest BCUT2D eigenvalue weighted by Crippen LogP contribution is -2.31. The van der Waals surface area contributed by atoms with Gasteiger partial charge in [-0.05, 0) is 49.4 Å². The van der Waals surface area contributed by atoms with E-state index in [1.807, 2.05) is 6.07 Å². The van der Waals surface area contributed by atoms with Gasteiger partial charge >= 0.3 is 0 Å². The summed E-state index contributed by atoms with van der Waals surface area (Å²) in [6.45, 7) is 6.15. The van der Waals surface area contributed by atoms with Crippen molar-refractivity contribution in [1.29, 1.82) is 0 Å². The van der Waals surface area contributed by atoms with Crippen molar-refractivity contribution in [2.24, 2.45) is 0 Å². The van der Waals surface area contributed by atoms with E-state index in [4.69, 9.17) is 5.11 Å². The highest BCUT2D eigenvalue weighted by atomic mass is 19.1. The Hall–Kier alpha value is -1.13. The minimum absolute atomic E-state index is 0.176. The summed E-state index contributed by atoms with van der Waals surface area (Å²) in [6.07, 6.45) is 4.17. The second kappa shape index (κ2) is 7.76. The Morgan fingerprint density at radius 3 is 2.95 bits per heavy atom. The maximum Gasteiger partial charge on any atom is 0.123 e. The number of benzene rings is 1. The smallest absolute Gasteiger partial charge is 0.123 e. The molecule has 4 heteroatoms. The summed E-state index contributed by atoms with van der Waals surface area (Å²) >= 11 is 0. The third kappa shape index (κ3) is 4.42. The molecular formula is C17H27FN2O. The van der Waals surface area contributed by atoms with Gasteiger partial charge in [0.05, 0.1) is 0 Å². The van der Waals surface area contributed by atoms with Crippen LogP contribution >= 0.6 is 0 Å². The maximum absolute atomic E-state index is 13.6. The largest absolute Gasteiger partial charge is 0.396 e. The van der Waals surface area contributed by atoms with Crippen LogP contribution in [0.3, 0.4) is 0 Å². The van der Waals surface area contributed by atoms with Crippen LogP contribution in [0.5, 0.6) is 0 Å². The summed E-state index contributed by atoms with van der Waals surface area (Å²) in [5.41, 5.74) is 2.17. The van der Waals surface area contributed by atoms with Gasteiger partial charge in [0.2, 0.25) is 0 Å². The van der Waals surface area contributed by atoms with Crippen molar-refractivity contribution in [2.75, 3.05) is 18.1 Å². The molecule has 1 aliphatic rings. The molecule has 21 heavy (non-hydrogen) atoms. The van der Waals surface area contributed by atoms with Crippen molar-refractivity contribution < 1.29 is 9.50 Å². The minimum Gasteiger partial charge on any atom is -0.396 e. The zero-order chi connectivity index (χ0) is 15.2. The number of aliphatic hydroxyl groups excluding tert-OH is 1. The molecule has 0 amide bonds. The zero-order valence-corrected chi connectivity index (χ0v) is 13.1. The molecule has 1 fully saturated rings. The van der Waals surface area contributed by atoms with Crippen LogP contribution in [0.25, 0.3) is 0 Å². The van der Waals surface area contributed by atoms with Crippen LogP contribution in [0.4, 0.5) is 10.1 Å². The molecule has 0 radical (unpaired) electrons. The highest BCUT2D eigenvalue weighted by Crippen LogP contribution is 2.31. The number of halogens is 1. The van der Waals surface area contributed by atoms with Crippen LogP contribution in [0.1, 0.15) is 45.1 Å². The van der Waals surface area contributed by atoms with E-state index in [-0.39, 0.29) is 12.4 Å². The molecule has 1 atom stereocenters. The Morgan fingerprint density at radius 2 is 2.24 bits per heavy atom. The molecule has 2 rings (SSSR count). The predicted molar refractivity (Wildman–Crippen MR) is 85.1 cm³/mol. The molecule has 1 heterocycles. The lowest BCUT2D eigenvalue weighted by Gasteiger charge is -2.29. The predicted octanol–water partition coefficient (Wildman–Crippen LogP) is 3.07. The first-order valence-electron chi connectivity index (χ1n) is 8.01. The highest BCUT2D eigenvalue weighted by Gasteiger charge is 2.26. The first-order valence-corrected chi connectivity index (χ1v) is 8.01. The number of hydrogen-bond acceptors (Lipinski definition) is 3. The van der Waals surface area contributed by atoms with Gasteiger partial charge in [-0.2, -0.15) is 0 Å². The van der Waals surface area contributed by atoms with E-state index in [1.54, 1.807) is 12.1 Å². The molecule has 118 valence electrons. The fourth-order valence-electron chi connectivity index (χ4n) is 3.07. The first kappa shape index (κ1) is 16.2. The Labute approximate surface area is 127 Å². The highest BCUT2D eigenvalue weighted by molar-refractivity contribution is 5.55. The second-order valence-corrected chi connectivity index (χ2v) is 6.16. The van der Waals surface area contributed by atoms with E-state index >= 15 is 0 Å². The van der Waals surface area contributed by atoms with Crippen LogP contribution in [-0.4, -0.2) is 30.3 Å². The fourth-order valence-corrected chi connectivity index (χ4v) is 3.07. The summed E-state index contributed by atoms with van der Waals surface area (Å²) in [7, 11) is 0. The average molecular weight is 294 g/mol. The molecule has 3 nitrogen and oxygen atoms in total. The molecule has 1 aromatic rings. The van der Waals surface area contributed by atoms with E-state index in [0.29, 0.717) is 18.6 Å². The summed E-state index contributed by atoms with van der Waals surface area (Å²) in [6, 6.07) is 5.96. The number of rotatable bonds is 7. The summed E-state index contributed by atoms with van der Waals surface area (Å²) in [5.74, 6) is -0.176. The van der Waals surface area contributed by atoms with Gasteiger partial charge in [-0.3, -0.25) is 0 Å². The molecule has 1 aliphatic heterocycles. The molecular weight excluding hydrogens is 267 g/mol. The van der Waals surface area contributed by atoms with Crippen molar-refractivity contribution in [3.05, 3.63) is 29.6 Å². The fraction of sp³-hybridized carbons (Fsp3) is 0.647. The third-order valence-electron chi connectivity index (χ3n) is 4.12. The van der Waals surface area contributed by atoms with Crippen molar-refractivity contribution in [2.45, 2.75) is 58.2 Å². The number of nitrogens with zero attached hydrogens (tertiary/aromatic N) is 1. The van der Waals surface area contributed by atoms with E-state index in [1.165, 1.54) is 6.42 Å². The monoisotopic (exact) mass is 294 g/mol. The standard InChI is InChI=1S/C17H27FN2O/c1-13(2)19-12-14-11-15(18)7-8-17(14)20-9-3-5-16(20)6-4-10-21/h7-8,11,13,16,19,21H,3-6,9-10,12H2,1-2H3. The Balaban J connectivity index is 2.16. The van der Waals surface area contributed by atoms with Crippen molar-refractivity contribution in [3.63, 3.8) is 0 Å². The van der Waals surface area contributed by atoms with Crippen LogP contribution in [0.15, 0.2) is 18.2 Å². The zero-order valence-electron chi connectivity index (χ0n) is 13.1. The molecule has 0 spiro atoms. The molecule has 2 N–H and O–H groups in total. The lowest BCUT2D eigenvalue weighted by molar-refractivity contribution is 0.279. The van der Waals surface area contributed by atoms with Crippen LogP contribution in [-0.2, 0) is 6.54 Å². The maximum atomic E-state index is 13.6.